The zero-order valence-electron chi connectivity index (χ0n) is 13.1. The van der Waals surface area contributed by atoms with Crippen molar-refractivity contribution in [2.24, 2.45) is 0 Å². The van der Waals surface area contributed by atoms with Gasteiger partial charge >= 0.3 is 0 Å². The van der Waals surface area contributed by atoms with Gasteiger partial charge in [0, 0.05) is 32.8 Å². The number of rotatable bonds is 8. The van der Waals surface area contributed by atoms with Crippen LogP contribution < -0.4 is 10.2 Å². The molecule has 0 saturated carbocycles. The van der Waals surface area contributed by atoms with Crippen molar-refractivity contribution >= 4 is 11.6 Å². The fourth-order valence-corrected chi connectivity index (χ4v) is 1.93. The number of nitrogens with one attached hydrogen (secondary N) is 1. The van der Waals surface area contributed by atoms with Gasteiger partial charge in [-0.1, -0.05) is 0 Å². The molecule has 2 N–H and O–H groups in total. The van der Waals surface area contributed by atoms with Crippen LogP contribution in [-0.4, -0.2) is 47.4 Å². The molecular formula is C14H26N4O2. The van der Waals surface area contributed by atoms with Crippen molar-refractivity contribution in [1.82, 2.24) is 9.97 Å². The van der Waals surface area contributed by atoms with Gasteiger partial charge in [-0.05, 0) is 27.7 Å². The fourth-order valence-electron chi connectivity index (χ4n) is 1.93. The maximum Gasteiger partial charge on any atom is 0.158 e. The average Bonchev–Trinajstić information content (AvgIpc) is 2.35. The van der Waals surface area contributed by atoms with Crippen LogP contribution in [0, 0.1) is 0 Å². The zero-order chi connectivity index (χ0) is 15.2. The van der Waals surface area contributed by atoms with E-state index in [9.17, 15) is 5.11 Å². The molecule has 0 saturated heterocycles. The highest BCUT2D eigenvalue weighted by molar-refractivity contribution is 5.49. The van der Waals surface area contributed by atoms with E-state index < -0.39 is 5.60 Å². The summed E-state index contributed by atoms with van der Waals surface area (Å²) in [6.45, 7) is 10.1. The van der Waals surface area contributed by atoms with Crippen molar-refractivity contribution < 1.29 is 9.84 Å². The van der Waals surface area contributed by atoms with Gasteiger partial charge in [0.25, 0.3) is 0 Å². The largest absolute Gasteiger partial charge is 0.389 e. The van der Waals surface area contributed by atoms with E-state index in [1.54, 1.807) is 21.0 Å². The molecule has 0 aliphatic heterocycles. The van der Waals surface area contributed by atoms with Crippen molar-refractivity contribution in [3.63, 3.8) is 0 Å². The second-order valence-electron chi connectivity index (χ2n) is 5.32. The van der Waals surface area contributed by atoms with Crippen LogP contribution in [0.4, 0.5) is 11.6 Å². The first kappa shape index (κ1) is 16.7. The fraction of sp³-hybridized carbons (Fsp3) is 0.714. The summed E-state index contributed by atoms with van der Waals surface area (Å²) >= 11 is 0. The number of hydrogen-bond acceptors (Lipinski definition) is 6. The molecule has 0 aliphatic carbocycles. The first-order chi connectivity index (χ1) is 9.39. The molecule has 0 bridgehead atoms. The third-order valence-corrected chi connectivity index (χ3v) is 2.67. The number of nitrogens with zero attached hydrogens (tertiary/aromatic N) is 3. The molecule has 1 aromatic heterocycles. The molecule has 0 aliphatic rings. The number of anilines is 2. The molecule has 114 valence electrons. The van der Waals surface area contributed by atoms with E-state index >= 15 is 0 Å². The van der Waals surface area contributed by atoms with Gasteiger partial charge in [0.2, 0.25) is 0 Å². The lowest BCUT2D eigenvalue weighted by Crippen LogP contribution is -2.39. The van der Waals surface area contributed by atoms with Crippen LogP contribution in [0.25, 0.3) is 0 Å². The number of aliphatic hydroxyl groups is 1. The molecule has 0 unspecified atom stereocenters. The summed E-state index contributed by atoms with van der Waals surface area (Å²) in [5, 5.41) is 13.2. The van der Waals surface area contributed by atoms with Gasteiger partial charge in [-0.15, -0.1) is 0 Å². The molecule has 0 spiro atoms. The third-order valence-electron chi connectivity index (χ3n) is 2.67. The molecule has 0 aromatic carbocycles. The number of methoxy groups -OCH3 is 1. The predicted molar refractivity (Wildman–Crippen MR) is 81.1 cm³/mol. The van der Waals surface area contributed by atoms with Crippen molar-refractivity contribution in [2.45, 2.75) is 39.9 Å². The minimum absolute atomic E-state index is 0.367. The Bertz CT molecular complexity index is 394. The average molecular weight is 282 g/mol. The smallest absolute Gasteiger partial charge is 0.158 e. The zero-order valence-corrected chi connectivity index (χ0v) is 13.1. The third kappa shape index (κ3) is 5.30. The van der Waals surface area contributed by atoms with Crippen LogP contribution in [0.2, 0.25) is 0 Å². The first-order valence-corrected chi connectivity index (χ1v) is 6.97. The predicted octanol–water partition coefficient (Wildman–Crippen LogP) is 1.65. The first-order valence-electron chi connectivity index (χ1n) is 6.97. The molecular weight excluding hydrogens is 256 g/mol. The molecule has 0 amide bonds. The highest BCUT2D eigenvalue weighted by atomic mass is 16.5. The van der Waals surface area contributed by atoms with Gasteiger partial charge in [-0.25, -0.2) is 9.97 Å². The van der Waals surface area contributed by atoms with Gasteiger partial charge < -0.3 is 20.1 Å². The molecule has 1 aromatic rings. The lowest BCUT2D eigenvalue weighted by molar-refractivity contribution is 0.0873. The Morgan fingerprint density at radius 3 is 2.55 bits per heavy atom. The van der Waals surface area contributed by atoms with Gasteiger partial charge in [0.05, 0.1) is 5.60 Å². The van der Waals surface area contributed by atoms with Crippen LogP contribution in [-0.2, 0) is 11.3 Å². The summed E-state index contributed by atoms with van der Waals surface area (Å²) in [5.41, 5.74) is -0.777. The van der Waals surface area contributed by atoms with Crippen molar-refractivity contribution in [2.75, 3.05) is 37.0 Å². The molecule has 20 heavy (non-hydrogen) atoms. The molecule has 1 rings (SSSR count). The molecule has 1 heterocycles. The molecule has 0 fully saturated rings. The summed E-state index contributed by atoms with van der Waals surface area (Å²) in [7, 11) is 1.62. The maximum absolute atomic E-state index is 10.0. The number of ether oxygens (including phenoxy) is 1. The van der Waals surface area contributed by atoms with E-state index in [1.807, 2.05) is 24.8 Å². The molecule has 0 atom stereocenters. The van der Waals surface area contributed by atoms with Gasteiger partial charge in [0.15, 0.2) is 5.82 Å². The van der Waals surface area contributed by atoms with E-state index in [0.29, 0.717) is 19.0 Å². The monoisotopic (exact) mass is 282 g/mol. The summed E-state index contributed by atoms with van der Waals surface area (Å²) < 4.78 is 5.11. The van der Waals surface area contributed by atoms with Gasteiger partial charge in [-0.3, -0.25) is 0 Å². The van der Waals surface area contributed by atoms with Crippen molar-refractivity contribution in [3.05, 3.63) is 11.9 Å². The van der Waals surface area contributed by atoms with Crippen LogP contribution in [0.3, 0.4) is 0 Å². The Hall–Kier alpha value is -1.40. The topological polar surface area (TPSA) is 70.5 Å². The summed E-state index contributed by atoms with van der Waals surface area (Å²) in [4.78, 5) is 10.9. The minimum Gasteiger partial charge on any atom is -0.389 e. The van der Waals surface area contributed by atoms with Crippen LogP contribution >= 0.6 is 0 Å². The molecule has 0 radical (unpaired) electrons. The van der Waals surface area contributed by atoms with Crippen molar-refractivity contribution in [3.8, 4) is 0 Å². The number of likely N-dealkylation sites (N-methyl/N-ethyl adjacent to an activating group) is 1. The van der Waals surface area contributed by atoms with E-state index in [2.05, 4.69) is 15.3 Å². The minimum atomic E-state index is -0.777. The van der Waals surface area contributed by atoms with Crippen LogP contribution in [0.15, 0.2) is 6.07 Å². The highest BCUT2D eigenvalue weighted by Crippen LogP contribution is 2.18. The quantitative estimate of drug-likeness (QED) is 0.755. The lowest BCUT2D eigenvalue weighted by Gasteiger charge is -2.29. The number of aromatic nitrogens is 2. The standard InChI is InChI=1S/C14H26N4O2/c1-6-15-11-8-13(17-12(16-11)9-20-5)18(7-2)10-14(3,4)19/h8,19H,6-7,9-10H2,1-5H3,(H,15,16,17). The second kappa shape index (κ2) is 7.40. The van der Waals surface area contributed by atoms with Crippen molar-refractivity contribution in [1.29, 1.82) is 0 Å². The normalized spacial score (nSPS) is 11.5. The Kier molecular flexibility index (Phi) is 6.16. The highest BCUT2D eigenvalue weighted by Gasteiger charge is 2.19. The lowest BCUT2D eigenvalue weighted by atomic mass is 10.1. The van der Waals surface area contributed by atoms with Gasteiger partial charge in [-0.2, -0.15) is 0 Å². The number of hydrogen-bond donors (Lipinski definition) is 2. The van der Waals surface area contributed by atoms with E-state index in [1.165, 1.54) is 0 Å². The van der Waals surface area contributed by atoms with Crippen LogP contribution in [0.1, 0.15) is 33.5 Å². The maximum atomic E-state index is 10.0. The Morgan fingerprint density at radius 2 is 2.05 bits per heavy atom. The SMILES string of the molecule is CCNc1cc(N(CC)CC(C)(C)O)nc(COC)n1. The van der Waals surface area contributed by atoms with Gasteiger partial charge in [0.1, 0.15) is 18.2 Å². The Morgan fingerprint density at radius 1 is 1.35 bits per heavy atom. The molecule has 6 nitrogen and oxygen atoms in total. The summed E-state index contributed by atoms with van der Waals surface area (Å²) in [6, 6.07) is 1.90. The Labute approximate surface area is 121 Å². The van der Waals surface area contributed by atoms with E-state index in [-0.39, 0.29) is 0 Å². The summed E-state index contributed by atoms with van der Waals surface area (Å²) in [5.74, 6) is 2.21. The second-order valence-corrected chi connectivity index (χ2v) is 5.32. The summed E-state index contributed by atoms with van der Waals surface area (Å²) in [6.07, 6.45) is 0. The Balaban J connectivity index is 3.06. The van der Waals surface area contributed by atoms with E-state index in [0.717, 1.165) is 24.7 Å². The molecule has 6 heteroatoms. The van der Waals surface area contributed by atoms with E-state index in [4.69, 9.17) is 4.74 Å². The van der Waals surface area contributed by atoms with Crippen LogP contribution in [0.5, 0.6) is 0 Å².